The number of rotatable bonds is 3. The molecule has 1 amide bonds. The van der Waals surface area contributed by atoms with Gasteiger partial charge in [0.15, 0.2) is 0 Å². The van der Waals surface area contributed by atoms with Gasteiger partial charge in [-0.15, -0.1) is 0 Å². The van der Waals surface area contributed by atoms with Crippen LogP contribution in [0.4, 0.5) is 5.69 Å². The van der Waals surface area contributed by atoms with Gasteiger partial charge in [-0.05, 0) is 35.2 Å². The fourth-order valence-corrected chi connectivity index (χ4v) is 2.01. The van der Waals surface area contributed by atoms with Gasteiger partial charge in [-0.25, -0.2) is 0 Å². The fraction of sp³-hybridized carbons (Fsp3) is 0.222. The standard InChI is InChI=1S/C18H19NO2/c1-18(2,3)15-9-7-14(8-10-15)17(21)19-16-6-4-5-13(11-16)12-20/h4-12H,1-3H3,(H,19,21). The average Bonchev–Trinajstić information content (AvgIpc) is 2.46. The molecule has 3 heteroatoms. The summed E-state index contributed by atoms with van der Waals surface area (Å²) in [5.74, 6) is -0.182. The molecule has 1 N–H and O–H groups in total. The van der Waals surface area contributed by atoms with Gasteiger partial charge >= 0.3 is 0 Å². The van der Waals surface area contributed by atoms with Crippen molar-refractivity contribution in [1.29, 1.82) is 0 Å². The molecule has 0 heterocycles. The lowest BCUT2D eigenvalue weighted by Crippen LogP contribution is -2.14. The number of hydrogen-bond donors (Lipinski definition) is 1. The van der Waals surface area contributed by atoms with Crippen LogP contribution in [0, 0.1) is 0 Å². The summed E-state index contributed by atoms with van der Waals surface area (Å²) in [6, 6.07) is 14.4. The summed E-state index contributed by atoms with van der Waals surface area (Å²) < 4.78 is 0. The number of nitrogens with one attached hydrogen (secondary N) is 1. The van der Waals surface area contributed by atoms with Crippen molar-refractivity contribution in [2.24, 2.45) is 0 Å². The number of hydrogen-bond acceptors (Lipinski definition) is 2. The first kappa shape index (κ1) is 15.0. The Morgan fingerprint density at radius 3 is 2.29 bits per heavy atom. The molecule has 0 aliphatic rings. The molecule has 3 nitrogen and oxygen atoms in total. The largest absolute Gasteiger partial charge is 0.322 e. The first-order valence-electron chi connectivity index (χ1n) is 6.87. The zero-order valence-corrected chi connectivity index (χ0v) is 12.5. The predicted octanol–water partition coefficient (Wildman–Crippen LogP) is 4.05. The van der Waals surface area contributed by atoms with Crippen LogP contribution in [0.1, 0.15) is 47.1 Å². The minimum absolute atomic E-state index is 0.0628. The normalized spacial score (nSPS) is 11.0. The Balaban J connectivity index is 2.15. The fourth-order valence-electron chi connectivity index (χ4n) is 2.01. The van der Waals surface area contributed by atoms with Crippen LogP contribution in [0.5, 0.6) is 0 Å². The van der Waals surface area contributed by atoms with Crippen molar-refractivity contribution in [3.63, 3.8) is 0 Å². The lowest BCUT2D eigenvalue weighted by Gasteiger charge is -2.19. The van der Waals surface area contributed by atoms with Gasteiger partial charge in [0, 0.05) is 16.8 Å². The van der Waals surface area contributed by atoms with Gasteiger partial charge in [0.2, 0.25) is 0 Å². The highest BCUT2D eigenvalue weighted by Gasteiger charge is 2.14. The van der Waals surface area contributed by atoms with Gasteiger partial charge < -0.3 is 5.32 Å². The molecular formula is C18H19NO2. The molecule has 0 aliphatic heterocycles. The summed E-state index contributed by atoms with van der Waals surface area (Å²) in [6.07, 6.45) is 0.758. The molecular weight excluding hydrogens is 262 g/mol. The highest BCUT2D eigenvalue weighted by Crippen LogP contribution is 2.22. The maximum atomic E-state index is 12.2. The van der Waals surface area contributed by atoms with E-state index < -0.39 is 0 Å². The minimum atomic E-state index is -0.182. The van der Waals surface area contributed by atoms with Crippen molar-refractivity contribution in [3.8, 4) is 0 Å². The van der Waals surface area contributed by atoms with E-state index in [9.17, 15) is 9.59 Å². The van der Waals surface area contributed by atoms with E-state index in [1.54, 1.807) is 24.3 Å². The average molecular weight is 281 g/mol. The number of amides is 1. The number of benzene rings is 2. The van der Waals surface area contributed by atoms with Crippen LogP contribution >= 0.6 is 0 Å². The third-order valence-corrected chi connectivity index (χ3v) is 3.29. The molecule has 0 unspecified atom stereocenters. The summed E-state index contributed by atoms with van der Waals surface area (Å²) in [6.45, 7) is 6.40. The van der Waals surface area contributed by atoms with Crippen LogP contribution in [-0.4, -0.2) is 12.2 Å². The summed E-state index contributed by atoms with van der Waals surface area (Å²) in [5.41, 5.74) is 3.00. The Morgan fingerprint density at radius 2 is 1.71 bits per heavy atom. The summed E-state index contributed by atoms with van der Waals surface area (Å²) >= 11 is 0. The van der Waals surface area contributed by atoms with Gasteiger partial charge in [0.25, 0.3) is 5.91 Å². The monoisotopic (exact) mass is 281 g/mol. The van der Waals surface area contributed by atoms with E-state index >= 15 is 0 Å². The second-order valence-corrected chi connectivity index (χ2v) is 6.02. The predicted molar refractivity (Wildman–Crippen MR) is 84.9 cm³/mol. The van der Waals surface area contributed by atoms with E-state index in [4.69, 9.17) is 0 Å². The second-order valence-electron chi connectivity index (χ2n) is 6.02. The second kappa shape index (κ2) is 5.92. The Morgan fingerprint density at radius 1 is 1.05 bits per heavy atom. The molecule has 0 bridgehead atoms. The first-order valence-corrected chi connectivity index (χ1v) is 6.87. The Labute approximate surface area is 125 Å². The van der Waals surface area contributed by atoms with E-state index in [2.05, 4.69) is 26.1 Å². The van der Waals surface area contributed by atoms with Crippen LogP contribution in [-0.2, 0) is 5.41 Å². The van der Waals surface area contributed by atoms with Crippen LogP contribution in [0.25, 0.3) is 0 Å². The number of carbonyl (C=O) groups excluding carboxylic acids is 2. The Bertz CT molecular complexity index is 652. The zero-order valence-electron chi connectivity index (χ0n) is 12.5. The lowest BCUT2D eigenvalue weighted by atomic mass is 9.87. The third kappa shape index (κ3) is 3.78. The molecule has 0 fully saturated rings. The minimum Gasteiger partial charge on any atom is -0.322 e. The maximum absolute atomic E-state index is 12.2. The first-order chi connectivity index (χ1) is 9.90. The summed E-state index contributed by atoms with van der Waals surface area (Å²) in [4.78, 5) is 22.9. The highest BCUT2D eigenvalue weighted by molar-refractivity contribution is 6.04. The van der Waals surface area contributed by atoms with Crippen molar-refractivity contribution in [1.82, 2.24) is 0 Å². The molecule has 2 aromatic carbocycles. The van der Waals surface area contributed by atoms with E-state index in [0.717, 1.165) is 6.29 Å². The highest BCUT2D eigenvalue weighted by atomic mass is 16.1. The number of anilines is 1. The van der Waals surface area contributed by atoms with E-state index in [-0.39, 0.29) is 11.3 Å². The molecule has 0 saturated carbocycles. The third-order valence-electron chi connectivity index (χ3n) is 3.29. The van der Waals surface area contributed by atoms with Crippen molar-refractivity contribution >= 4 is 17.9 Å². The zero-order chi connectivity index (χ0) is 15.5. The molecule has 0 spiro atoms. The molecule has 0 atom stereocenters. The summed E-state index contributed by atoms with van der Waals surface area (Å²) in [7, 11) is 0. The van der Waals surface area contributed by atoms with E-state index in [1.807, 2.05) is 24.3 Å². The van der Waals surface area contributed by atoms with Gasteiger partial charge in [0.1, 0.15) is 6.29 Å². The van der Waals surface area contributed by atoms with Crippen molar-refractivity contribution < 1.29 is 9.59 Å². The Kier molecular flexibility index (Phi) is 4.22. The van der Waals surface area contributed by atoms with E-state index in [0.29, 0.717) is 16.8 Å². The van der Waals surface area contributed by atoms with Crippen LogP contribution in [0.3, 0.4) is 0 Å². The molecule has 0 radical (unpaired) electrons. The van der Waals surface area contributed by atoms with Crippen molar-refractivity contribution in [3.05, 3.63) is 65.2 Å². The molecule has 0 aromatic heterocycles. The lowest BCUT2D eigenvalue weighted by molar-refractivity contribution is 0.102. The Hall–Kier alpha value is -2.42. The maximum Gasteiger partial charge on any atom is 0.255 e. The molecule has 0 saturated heterocycles. The van der Waals surface area contributed by atoms with Crippen LogP contribution < -0.4 is 5.32 Å². The van der Waals surface area contributed by atoms with Crippen molar-refractivity contribution in [2.75, 3.05) is 5.32 Å². The molecule has 0 aliphatic carbocycles. The SMILES string of the molecule is CC(C)(C)c1ccc(C(=O)Nc2cccc(C=O)c2)cc1. The van der Waals surface area contributed by atoms with Gasteiger partial charge in [0.05, 0.1) is 0 Å². The van der Waals surface area contributed by atoms with E-state index in [1.165, 1.54) is 5.56 Å². The quantitative estimate of drug-likeness (QED) is 0.863. The molecule has 21 heavy (non-hydrogen) atoms. The van der Waals surface area contributed by atoms with Crippen LogP contribution in [0.2, 0.25) is 0 Å². The van der Waals surface area contributed by atoms with Crippen LogP contribution in [0.15, 0.2) is 48.5 Å². The number of carbonyl (C=O) groups is 2. The van der Waals surface area contributed by atoms with Gasteiger partial charge in [-0.2, -0.15) is 0 Å². The molecule has 108 valence electrons. The van der Waals surface area contributed by atoms with Gasteiger partial charge in [-0.1, -0.05) is 45.0 Å². The smallest absolute Gasteiger partial charge is 0.255 e. The van der Waals surface area contributed by atoms with Crippen molar-refractivity contribution in [2.45, 2.75) is 26.2 Å². The summed E-state index contributed by atoms with van der Waals surface area (Å²) in [5, 5.41) is 2.79. The molecule has 2 rings (SSSR count). The molecule has 2 aromatic rings. The van der Waals surface area contributed by atoms with Gasteiger partial charge in [-0.3, -0.25) is 9.59 Å². The topological polar surface area (TPSA) is 46.2 Å². The number of aldehydes is 1.